The van der Waals surface area contributed by atoms with Gasteiger partial charge in [0.2, 0.25) is 17.6 Å². The van der Waals surface area contributed by atoms with Gasteiger partial charge in [-0.25, -0.2) is 4.79 Å². The molecule has 2 aliphatic rings. The van der Waals surface area contributed by atoms with Crippen molar-refractivity contribution in [2.45, 2.75) is 33.6 Å². The Morgan fingerprint density at radius 1 is 1.07 bits per heavy atom. The Hall–Kier alpha value is -3.23. The Morgan fingerprint density at radius 2 is 1.67 bits per heavy atom. The summed E-state index contributed by atoms with van der Waals surface area (Å²) in [5.74, 6) is -3.53. The van der Waals surface area contributed by atoms with Crippen LogP contribution in [-0.2, 0) is 23.9 Å². The van der Waals surface area contributed by atoms with Gasteiger partial charge in [0.1, 0.15) is 12.2 Å². The molecule has 2 atom stereocenters. The van der Waals surface area contributed by atoms with Gasteiger partial charge in [-0.1, -0.05) is 12.2 Å². The number of fused-ring (bicyclic) bond motifs is 1. The number of allylic oxidation sites excluding steroid dienone is 2. The van der Waals surface area contributed by atoms with Crippen LogP contribution in [0.25, 0.3) is 0 Å². The van der Waals surface area contributed by atoms with Crippen LogP contribution in [0, 0.1) is 25.7 Å². The van der Waals surface area contributed by atoms with Crippen molar-refractivity contribution < 1.29 is 33.4 Å². The van der Waals surface area contributed by atoms with Crippen molar-refractivity contribution in [1.29, 1.82) is 0 Å². The minimum absolute atomic E-state index is 0.175. The topological polar surface area (TPSA) is 123 Å². The molecule has 2 amide bonds. The predicted molar refractivity (Wildman–Crippen MR) is 104 cm³/mol. The highest BCUT2D eigenvalue weighted by Gasteiger charge is 2.47. The molecule has 3 rings (SSSR count). The van der Waals surface area contributed by atoms with E-state index in [9.17, 15) is 24.0 Å². The number of amides is 2. The lowest BCUT2D eigenvalue weighted by Crippen LogP contribution is -2.37. The highest BCUT2D eigenvalue weighted by Crippen LogP contribution is 2.34. The number of carbonyl (C=O) groups excluding carboxylic acids is 5. The van der Waals surface area contributed by atoms with Crippen LogP contribution in [0.5, 0.6) is 0 Å². The summed E-state index contributed by atoms with van der Waals surface area (Å²) in [6, 6.07) is 0. The summed E-state index contributed by atoms with van der Waals surface area (Å²) in [6.45, 7) is 4.02. The number of hydrogen-bond acceptors (Lipinski definition) is 7. The van der Waals surface area contributed by atoms with Gasteiger partial charge in [0.25, 0.3) is 0 Å². The van der Waals surface area contributed by atoms with E-state index in [1.807, 2.05) is 12.2 Å². The van der Waals surface area contributed by atoms with Crippen LogP contribution in [-0.4, -0.2) is 59.2 Å². The second-order valence-electron chi connectivity index (χ2n) is 7.35. The van der Waals surface area contributed by atoms with Crippen molar-refractivity contribution in [1.82, 2.24) is 9.88 Å². The first-order valence-electron chi connectivity index (χ1n) is 9.81. The van der Waals surface area contributed by atoms with Crippen LogP contribution in [0.1, 0.15) is 51.9 Å². The minimum Gasteiger partial charge on any atom is -0.461 e. The molecule has 1 aliphatic carbocycles. The minimum atomic E-state index is -0.840. The number of imide groups is 1. The van der Waals surface area contributed by atoms with E-state index in [1.54, 1.807) is 20.8 Å². The van der Waals surface area contributed by atoms with Gasteiger partial charge in [-0.3, -0.25) is 24.1 Å². The summed E-state index contributed by atoms with van der Waals surface area (Å²) in [5, 5.41) is 0. The second-order valence-corrected chi connectivity index (χ2v) is 7.35. The van der Waals surface area contributed by atoms with Gasteiger partial charge in [0, 0.05) is 11.3 Å². The third kappa shape index (κ3) is 3.92. The maximum Gasteiger partial charge on any atom is 0.355 e. The molecule has 0 spiro atoms. The third-order valence-electron chi connectivity index (χ3n) is 5.45. The third-order valence-corrected chi connectivity index (χ3v) is 5.45. The molecule has 9 nitrogen and oxygen atoms in total. The van der Waals surface area contributed by atoms with Crippen LogP contribution in [0.2, 0.25) is 0 Å². The SMILES string of the molecule is CCOC(=O)c1[nH]c(C)c(C(=O)COC(=O)CN2C(=O)C3CC=CCC3C2=O)c1C. The molecule has 1 saturated heterocycles. The molecule has 30 heavy (non-hydrogen) atoms. The molecule has 2 heterocycles. The van der Waals surface area contributed by atoms with Gasteiger partial charge < -0.3 is 14.5 Å². The Bertz CT molecular complexity index is 917. The zero-order chi connectivity index (χ0) is 22.0. The normalized spacial score (nSPS) is 20.3. The van der Waals surface area contributed by atoms with E-state index in [2.05, 4.69) is 4.98 Å². The number of hydrogen-bond donors (Lipinski definition) is 1. The number of Topliss-reactive ketones (excluding diaryl/α,β-unsaturated/α-hetero) is 1. The zero-order valence-corrected chi connectivity index (χ0v) is 17.1. The highest BCUT2D eigenvalue weighted by molar-refractivity contribution is 6.07. The first-order valence-corrected chi connectivity index (χ1v) is 9.81. The van der Waals surface area contributed by atoms with Crippen LogP contribution < -0.4 is 0 Å². The van der Waals surface area contributed by atoms with Crippen LogP contribution in [0.3, 0.4) is 0 Å². The van der Waals surface area contributed by atoms with Gasteiger partial charge in [0.05, 0.1) is 18.4 Å². The molecule has 1 fully saturated rings. The molecular formula is C21H24N2O7. The largest absolute Gasteiger partial charge is 0.461 e. The quantitative estimate of drug-likeness (QED) is 0.309. The Labute approximate surface area is 173 Å². The number of carbonyl (C=O) groups is 5. The van der Waals surface area contributed by atoms with Crippen LogP contribution >= 0.6 is 0 Å². The maximum absolute atomic E-state index is 12.6. The lowest BCUT2D eigenvalue weighted by molar-refractivity contribution is -0.152. The predicted octanol–water partition coefficient (Wildman–Crippen LogP) is 1.49. The zero-order valence-electron chi connectivity index (χ0n) is 17.1. The fraction of sp³-hybridized carbons (Fsp3) is 0.476. The monoisotopic (exact) mass is 416 g/mol. The smallest absolute Gasteiger partial charge is 0.355 e. The molecule has 1 aromatic rings. The number of likely N-dealkylation sites (tertiary alicyclic amines) is 1. The standard InChI is InChI=1S/C21H24N2O7/c1-4-29-21(28)18-11(2)17(12(3)22-18)15(24)10-30-16(25)9-23-19(26)13-7-5-6-8-14(13)20(23)27/h5-6,13-14,22H,4,7-10H2,1-3H3. The number of esters is 2. The van der Waals surface area contributed by atoms with Gasteiger partial charge in [-0.05, 0) is 39.2 Å². The molecule has 1 N–H and O–H groups in total. The van der Waals surface area contributed by atoms with Crippen molar-refractivity contribution in [2.24, 2.45) is 11.8 Å². The molecular weight excluding hydrogens is 392 g/mol. The number of ether oxygens (including phenoxy) is 2. The van der Waals surface area contributed by atoms with Crippen molar-refractivity contribution in [3.8, 4) is 0 Å². The number of aromatic amines is 1. The van der Waals surface area contributed by atoms with E-state index in [0.717, 1.165) is 4.90 Å². The fourth-order valence-electron chi connectivity index (χ4n) is 3.99. The van der Waals surface area contributed by atoms with Crippen molar-refractivity contribution in [2.75, 3.05) is 19.8 Å². The van der Waals surface area contributed by atoms with Gasteiger partial charge in [-0.2, -0.15) is 0 Å². The number of aromatic nitrogens is 1. The number of H-pyrrole nitrogens is 1. The average Bonchev–Trinajstić information content (AvgIpc) is 3.15. The number of aryl methyl sites for hydroxylation is 1. The Morgan fingerprint density at radius 3 is 2.23 bits per heavy atom. The molecule has 0 bridgehead atoms. The number of nitrogens with zero attached hydrogens (tertiary/aromatic N) is 1. The first-order chi connectivity index (χ1) is 14.3. The van der Waals surface area contributed by atoms with E-state index < -0.39 is 42.7 Å². The van der Waals surface area contributed by atoms with E-state index in [4.69, 9.17) is 9.47 Å². The Kier molecular flexibility index (Phi) is 6.19. The molecule has 0 saturated carbocycles. The van der Waals surface area contributed by atoms with E-state index in [0.29, 0.717) is 24.1 Å². The molecule has 1 aliphatic heterocycles. The number of rotatable bonds is 7. The van der Waals surface area contributed by atoms with Crippen LogP contribution in [0.15, 0.2) is 12.2 Å². The van der Waals surface area contributed by atoms with Crippen molar-refractivity contribution >= 4 is 29.5 Å². The second kappa shape index (κ2) is 8.64. The van der Waals surface area contributed by atoms with Gasteiger partial charge in [-0.15, -0.1) is 0 Å². The molecule has 0 aromatic carbocycles. The summed E-state index contributed by atoms with van der Waals surface area (Å²) in [6.07, 6.45) is 4.68. The lowest BCUT2D eigenvalue weighted by atomic mass is 9.85. The van der Waals surface area contributed by atoms with Gasteiger partial charge in [0.15, 0.2) is 6.61 Å². The molecule has 9 heteroatoms. The van der Waals surface area contributed by atoms with E-state index in [-0.39, 0.29) is 29.7 Å². The summed E-state index contributed by atoms with van der Waals surface area (Å²) < 4.78 is 9.97. The Balaban J connectivity index is 1.60. The van der Waals surface area contributed by atoms with Crippen LogP contribution in [0.4, 0.5) is 0 Å². The highest BCUT2D eigenvalue weighted by atomic mass is 16.5. The van der Waals surface area contributed by atoms with Crippen molar-refractivity contribution in [3.63, 3.8) is 0 Å². The first kappa shape index (κ1) is 21.5. The van der Waals surface area contributed by atoms with E-state index >= 15 is 0 Å². The average molecular weight is 416 g/mol. The number of ketones is 1. The lowest BCUT2D eigenvalue weighted by Gasteiger charge is -2.14. The number of nitrogens with one attached hydrogen (secondary N) is 1. The summed E-state index contributed by atoms with van der Waals surface area (Å²) >= 11 is 0. The summed E-state index contributed by atoms with van der Waals surface area (Å²) in [5.41, 5.74) is 1.29. The molecule has 1 aromatic heterocycles. The summed E-state index contributed by atoms with van der Waals surface area (Å²) in [4.78, 5) is 65.2. The molecule has 160 valence electrons. The molecule has 2 unspecified atom stereocenters. The maximum atomic E-state index is 12.6. The van der Waals surface area contributed by atoms with Crippen molar-refractivity contribution in [3.05, 3.63) is 34.7 Å². The van der Waals surface area contributed by atoms with Gasteiger partial charge >= 0.3 is 11.9 Å². The molecule has 0 radical (unpaired) electrons. The fourth-order valence-corrected chi connectivity index (χ4v) is 3.99. The summed E-state index contributed by atoms with van der Waals surface area (Å²) in [7, 11) is 0. The van der Waals surface area contributed by atoms with E-state index in [1.165, 1.54) is 0 Å².